The van der Waals surface area contributed by atoms with Crippen LogP contribution < -0.4 is 5.32 Å². The lowest BCUT2D eigenvalue weighted by Gasteiger charge is -2.06. The van der Waals surface area contributed by atoms with Crippen molar-refractivity contribution in [2.24, 2.45) is 0 Å². The molecule has 2 aromatic heterocycles. The summed E-state index contributed by atoms with van der Waals surface area (Å²) < 4.78 is 1.68. The number of anilines is 2. The maximum atomic E-state index is 10.5. The topological polar surface area (TPSA) is 94.7 Å². The number of nitrogens with zero attached hydrogens (tertiary/aromatic N) is 4. The predicted octanol–water partition coefficient (Wildman–Crippen LogP) is 6.60. The molecule has 0 saturated carbocycles. The lowest BCUT2D eigenvalue weighted by atomic mass is 10.0. The number of benzene rings is 2. The normalized spacial score (nSPS) is 12.1. The second-order valence-corrected chi connectivity index (χ2v) is 10.2. The van der Waals surface area contributed by atoms with Crippen LogP contribution in [0.2, 0.25) is 0 Å². The van der Waals surface area contributed by atoms with Gasteiger partial charge in [0.05, 0.1) is 16.0 Å². The van der Waals surface area contributed by atoms with Gasteiger partial charge in [-0.25, -0.2) is 4.98 Å². The number of rotatable bonds is 7. The molecular formula is C22H19N5OS3. The van der Waals surface area contributed by atoms with Crippen LogP contribution in [0.25, 0.3) is 15.8 Å². The highest BCUT2D eigenvalue weighted by Gasteiger charge is 2.15. The fraction of sp³-hybridized carbons (Fsp3) is 0.182. The fourth-order valence-electron chi connectivity index (χ4n) is 2.81. The molecule has 4 aromatic rings. The van der Waals surface area contributed by atoms with Gasteiger partial charge in [0.2, 0.25) is 5.13 Å². The molecule has 0 aliphatic rings. The zero-order chi connectivity index (χ0) is 21.8. The number of para-hydroxylation sites is 1. The van der Waals surface area contributed by atoms with Crippen LogP contribution in [0, 0.1) is 11.3 Å². The van der Waals surface area contributed by atoms with Gasteiger partial charge in [0.15, 0.2) is 4.34 Å². The number of aliphatic hydroxyl groups is 1. The van der Waals surface area contributed by atoms with E-state index >= 15 is 0 Å². The second-order valence-electron chi connectivity index (χ2n) is 6.98. The maximum absolute atomic E-state index is 10.5. The summed E-state index contributed by atoms with van der Waals surface area (Å²) in [4.78, 5) is 4.46. The van der Waals surface area contributed by atoms with Gasteiger partial charge in [-0.3, -0.25) is 0 Å². The first-order chi connectivity index (χ1) is 15.0. The minimum atomic E-state index is -0.0134. The van der Waals surface area contributed by atoms with Gasteiger partial charge in [-0.2, -0.15) is 5.26 Å². The van der Waals surface area contributed by atoms with Crippen molar-refractivity contribution < 1.29 is 5.11 Å². The number of hydrogen-bond donors (Lipinski definition) is 2. The average molecular weight is 466 g/mol. The highest BCUT2D eigenvalue weighted by Crippen LogP contribution is 2.32. The van der Waals surface area contributed by atoms with Crippen LogP contribution >= 0.6 is 34.4 Å². The first kappa shape index (κ1) is 21.3. The first-order valence-electron chi connectivity index (χ1n) is 9.55. The predicted molar refractivity (Wildman–Crippen MR) is 129 cm³/mol. The molecule has 0 radical (unpaired) electrons. The highest BCUT2D eigenvalue weighted by molar-refractivity contribution is 8.01. The Kier molecular flexibility index (Phi) is 6.51. The van der Waals surface area contributed by atoms with E-state index in [0.717, 1.165) is 15.9 Å². The molecule has 0 fully saturated rings. The molecule has 2 aromatic carbocycles. The summed E-state index contributed by atoms with van der Waals surface area (Å²) in [5.41, 5.74) is 3.24. The van der Waals surface area contributed by atoms with Crippen LogP contribution in [0.4, 0.5) is 10.8 Å². The van der Waals surface area contributed by atoms with Gasteiger partial charge in [-0.1, -0.05) is 61.2 Å². The van der Waals surface area contributed by atoms with Gasteiger partial charge in [0.25, 0.3) is 0 Å². The number of aliphatic hydroxyl groups excluding tert-OH is 1. The summed E-state index contributed by atoms with van der Waals surface area (Å²) in [7, 11) is 0. The Hall–Kier alpha value is -2.93. The Labute approximate surface area is 192 Å². The van der Waals surface area contributed by atoms with E-state index in [1.54, 1.807) is 0 Å². The molecule has 156 valence electrons. The summed E-state index contributed by atoms with van der Waals surface area (Å²) in [5.74, 6) is 0.692. The molecule has 0 unspecified atom stereocenters. The van der Waals surface area contributed by atoms with Crippen molar-refractivity contribution in [1.82, 2.24) is 15.2 Å². The van der Waals surface area contributed by atoms with E-state index in [9.17, 15) is 10.4 Å². The van der Waals surface area contributed by atoms with E-state index in [0.29, 0.717) is 20.4 Å². The number of hydrogen-bond acceptors (Lipinski definition) is 9. The number of thioether (sulfide) groups is 1. The molecule has 9 heteroatoms. The Bertz CT molecular complexity index is 1240. The Morgan fingerprint density at radius 3 is 2.61 bits per heavy atom. The van der Waals surface area contributed by atoms with Gasteiger partial charge in [-0.15, -0.1) is 21.5 Å². The number of nitrogens with one attached hydrogen (secondary N) is 1. The molecule has 6 nitrogen and oxygen atoms in total. The van der Waals surface area contributed by atoms with Crippen molar-refractivity contribution in [2.45, 2.75) is 24.1 Å². The summed E-state index contributed by atoms with van der Waals surface area (Å²) in [6, 6.07) is 18.0. The smallest absolute Gasteiger partial charge is 0.210 e. The van der Waals surface area contributed by atoms with E-state index in [1.807, 2.05) is 36.4 Å². The zero-order valence-electron chi connectivity index (χ0n) is 16.9. The summed E-state index contributed by atoms with van der Waals surface area (Å²) in [5, 5.41) is 32.8. The third-order valence-electron chi connectivity index (χ3n) is 4.48. The lowest BCUT2D eigenvalue weighted by molar-refractivity contribution is 0.421. The second kappa shape index (κ2) is 9.47. The third kappa shape index (κ3) is 5.05. The van der Waals surface area contributed by atoms with Gasteiger partial charge in [-0.05, 0) is 35.7 Å². The Morgan fingerprint density at radius 2 is 1.90 bits per heavy atom. The van der Waals surface area contributed by atoms with E-state index in [-0.39, 0.29) is 17.1 Å². The maximum Gasteiger partial charge on any atom is 0.210 e. The quantitative estimate of drug-likeness (QED) is 0.180. The molecule has 0 amide bonds. The zero-order valence-corrected chi connectivity index (χ0v) is 19.3. The number of allylic oxidation sites excluding steroid dienone is 1. The minimum absolute atomic E-state index is 0.0134. The first-order valence-corrected chi connectivity index (χ1v) is 12.2. The van der Waals surface area contributed by atoms with Crippen molar-refractivity contribution >= 4 is 61.0 Å². The van der Waals surface area contributed by atoms with Crippen molar-refractivity contribution in [3.05, 3.63) is 64.9 Å². The highest BCUT2D eigenvalue weighted by atomic mass is 32.2. The summed E-state index contributed by atoms with van der Waals surface area (Å²) in [6.07, 6.45) is 0. The average Bonchev–Trinajstić information content (AvgIpc) is 3.39. The van der Waals surface area contributed by atoms with E-state index in [1.165, 1.54) is 40.0 Å². The summed E-state index contributed by atoms with van der Waals surface area (Å²) >= 11 is 4.13. The Morgan fingerprint density at radius 1 is 1.13 bits per heavy atom. The lowest BCUT2D eigenvalue weighted by Crippen LogP contribution is -1.92. The van der Waals surface area contributed by atoms with E-state index in [4.69, 9.17) is 0 Å². The van der Waals surface area contributed by atoms with Crippen LogP contribution in [0.3, 0.4) is 0 Å². The molecule has 0 saturated heterocycles. The molecule has 2 heterocycles. The molecule has 0 bridgehead atoms. The number of nitriles is 1. The van der Waals surface area contributed by atoms with Crippen molar-refractivity contribution in [3.8, 4) is 6.07 Å². The van der Waals surface area contributed by atoms with Crippen LogP contribution in [-0.4, -0.2) is 26.0 Å². The molecular weight excluding hydrogens is 446 g/mol. The molecule has 0 aliphatic carbocycles. The van der Waals surface area contributed by atoms with Crippen LogP contribution in [0.15, 0.2) is 58.6 Å². The molecule has 0 atom stereocenters. The largest absolute Gasteiger partial charge is 0.510 e. The van der Waals surface area contributed by atoms with Crippen LogP contribution in [0.5, 0.6) is 0 Å². The number of fused-ring (bicyclic) bond motifs is 1. The number of thiazole rings is 1. The standard InChI is InChI=1S/C22H19N5OS3/c1-13(2)14-7-9-15(10-8-14)24-21-26-27-22(31-21)29-12-18(28)16(11-23)20-25-17-5-3-4-6-19(17)30-20/h3-10,13,28H,12H2,1-2H3,(H,24,26)/b18-16-. The van der Waals surface area contributed by atoms with E-state index < -0.39 is 0 Å². The van der Waals surface area contributed by atoms with E-state index in [2.05, 4.69) is 52.5 Å². The van der Waals surface area contributed by atoms with Crippen LogP contribution in [-0.2, 0) is 0 Å². The van der Waals surface area contributed by atoms with Crippen molar-refractivity contribution in [3.63, 3.8) is 0 Å². The molecule has 4 rings (SSSR count). The monoisotopic (exact) mass is 465 g/mol. The minimum Gasteiger partial charge on any atom is -0.510 e. The summed E-state index contributed by atoms with van der Waals surface area (Å²) in [6.45, 7) is 4.32. The van der Waals surface area contributed by atoms with Crippen LogP contribution in [0.1, 0.15) is 30.3 Å². The van der Waals surface area contributed by atoms with Gasteiger partial charge in [0, 0.05) is 5.69 Å². The third-order valence-corrected chi connectivity index (χ3v) is 7.51. The molecule has 0 spiro atoms. The fourth-order valence-corrected chi connectivity index (χ4v) is 5.44. The molecule has 31 heavy (non-hydrogen) atoms. The van der Waals surface area contributed by atoms with Gasteiger partial charge < -0.3 is 10.4 Å². The van der Waals surface area contributed by atoms with Crippen molar-refractivity contribution in [1.29, 1.82) is 5.26 Å². The molecule has 0 aliphatic heterocycles. The SMILES string of the molecule is CC(C)c1ccc(Nc2nnc(SC/C(O)=C(\C#N)c3nc4ccccc4s3)s2)cc1. The molecule has 2 N–H and O–H groups in total. The number of aromatic nitrogens is 3. The van der Waals surface area contributed by atoms with Gasteiger partial charge >= 0.3 is 0 Å². The van der Waals surface area contributed by atoms with Gasteiger partial charge in [0.1, 0.15) is 22.4 Å². The van der Waals surface area contributed by atoms with Crippen molar-refractivity contribution in [2.75, 3.05) is 11.1 Å². The Balaban J connectivity index is 1.42.